The Morgan fingerprint density at radius 1 is 1.38 bits per heavy atom. The van der Waals surface area contributed by atoms with Gasteiger partial charge in [0.1, 0.15) is 11.4 Å². The van der Waals surface area contributed by atoms with Gasteiger partial charge in [-0.3, -0.25) is 4.90 Å². The molecule has 1 atom stereocenters. The number of amides is 1. The molecule has 0 aliphatic carbocycles. The summed E-state index contributed by atoms with van der Waals surface area (Å²) in [7, 11) is 0. The minimum Gasteiger partial charge on any atom is -0.444 e. The first-order valence-corrected chi connectivity index (χ1v) is 9.11. The summed E-state index contributed by atoms with van der Waals surface area (Å²) in [5, 5.41) is 0. The SMILES string of the molecule is C[C@@H]1CN(CCc2cc(F)ccc2Br)CCN1C(=O)OC(C)(C)C. The lowest BCUT2D eigenvalue weighted by molar-refractivity contribution is 0.00162. The van der Waals surface area contributed by atoms with Crippen molar-refractivity contribution in [2.45, 2.75) is 45.8 Å². The molecule has 4 nitrogen and oxygen atoms in total. The second-order valence-electron chi connectivity index (χ2n) is 7.31. The van der Waals surface area contributed by atoms with Gasteiger partial charge in [0.2, 0.25) is 0 Å². The molecule has 6 heteroatoms. The zero-order chi connectivity index (χ0) is 17.9. The molecule has 1 fully saturated rings. The summed E-state index contributed by atoms with van der Waals surface area (Å²) in [5.74, 6) is -0.212. The first kappa shape index (κ1) is 19.2. The van der Waals surface area contributed by atoms with Crippen molar-refractivity contribution in [2.24, 2.45) is 0 Å². The fourth-order valence-corrected chi connectivity index (χ4v) is 3.29. The first-order chi connectivity index (χ1) is 11.2. The first-order valence-electron chi connectivity index (χ1n) is 8.31. The third kappa shape index (κ3) is 5.45. The van der Waals surface area contributed by atoms with Crippen molar-refractivity contribution in [1.29, 1.82) is 0 Å². The van der Waals surface area contributed by atoms with Crippen LogP contribution in [0, 0.1) is 5.82 Å². The average molecular weight is 401 g/mol. The van der Waals surface area contributed by atoms with Crippen LogP contribution in [-0.2, 0) is 11.2 Å². The molecule has 1 aromatic rings. The minimum atomic E-state index is -0.475. The number of nitrogens with zero attached hydrogens (tertiary/aromatic N) is 2. The number of carbonyl (C=O) groups excluding carboxylic acids is 1. The topological polar surface area (TPSA) is 32.8 Å². The molecule has 0 unspecified atom stereocenters. The zero-order valence-electron chi connectivity index (χ0n) is 14.8. The molecule has 0 radical (unpaired) electrons. The Bertz CT molecular complexity index is 589. The van der Waals surface area contributed by atoms with E-state index in [1.807, 2.05) is 27.7 Å². The highest BCUT2D eigenvalue weighted by Crippen LogP contribution is 2.20. The molecule has 0 bridgehead atoms. The molecule has 1 heterocycles. The summed E-state index contributed by atoms with van der Waals surface area (Å²) >= 11 is 3.47. The van der Waals surface area contributed by atoms with Crippen molar-refractivity contribution in [3.8, 4) is 0 Å². The van der Waals surface area contributed by atoms with Gasteiger partial charge in [0, 0.05) is 36.7 Å². The van der Waals surface area contributed by atoms with Crippen LogP contribution in [0.2, 0.25) is 0 Å². The fraction of sp³-hybridized carbons (Fsp3) is 0.611. The summed E-state index contributed by atoms with van der Waals surface area (Å²) in [6.07, 6.45) is 0.528. The molecule has 2 rings (SSSR count). The Balaban J connectivity index is 1.87. The van der Waals surface area contributed by atoms with E-state index in [9.17, 15) is 9.18 Å². The van der Waals surface area contributed by atoms with Gasteiger partial charge in [-0.1, -0.05) is 15.9 Å². The lowest BCUT2D eigenvalue weighted by Gasteiger charge is -2.40. The maximum absolute atomic E-state index is 13.4. The summed E-state index contributed by atoms with van der Waals surface area (Å²) in [5.41, 5.74) is 0.495. The van der Waals surface area contributed by atoms with Gasteiger partial charge in [-0.15, -0.1) is 0 Å². The highest BCUT2D eigenvalue weighted by atomic mass is 79.9. The van der Waals surface area contributed by atoms with Crippen molar-refractivity contribution < 1.29 is 13.9 Å². The number of hydrogen-bond acceptors (Lipinski definition) is 3. The summed E-state index contributed by atoms with van der Waals surface area (Å²) in [4.78, 5) is 16.3. The number of rotatable bonds is 3. The number of piperazine rings is 1. The van der Waals surface area contributed by atoms with E-state index in [0.717, 1.165) is 36.1 Å². The van der Waals surface area contributed by atoms with Gasteiger partial charge >= 0.3 is 6.09 Å². The molecule has 24 heavy (non-hydrogen) atoms. The van der Waals surface area contributed by atoms with E-state index < -0.39 is 5.60 Å². The van der Waals surface area contributed by atoms with Crippen LogP contribution in [0.15, 0.2) is 22.7 Å². The number of hydrogen-bond donors (Lipinski definition) is 0. The number of ether oxygens (including phenoxy) is 1. The molecule has 134 valence electrons. The van der Waals surface area contributed by atoms with Gasteiger partial charge in [0.15, 0.2) is 0 Å². The Morgan fingerprint density at radius 2 is 2.08 bits per heavy atom. The molecule has 0 aromatic heterocycles. The maximum atomic E-state index is 13.4. The molecule has 1 aliphatic rings. The number of benzene rings is 1. The van der Waals surface area contributed by atoms with E-state index in [1.54, 1.807) is 17.0 Å². The van der Waals surface area contributed by atoms with Crippen LogP contribution in [0.5, 0.6) is 0 Å². The third-order valence-electron chi connectivity index (χ3n) is 4.04. The standard InChI is InChI=1S/C18H26BrFN2O2/c1-13-12-21(8-7-14-11-15(20)5-6-16(14)19)9-10-22(13)17(23)24-18(2,3)4/h5-6,11,13H,7-10,12H2,1-4H3/t13-/m1/s1. The average Bonchev–Trinajstić information content (AvgIpc) is 2.46. The largest absolute Gasteiger partial charge is 0.444 e. The van der Waals surface area contributed by atoms with Crippen LogP contribution < -0.4 is 0 Å². The molecule has 1 saturated heterocycles. The Labute approximate surface area is 152 Å². The van der Waals surface area contributed by atoms with E-state index >= 15 is 0 Å². The lowest BCUT2D eigenvalue weighted by atomic mass is 10.1. The van der Waals surface area contributed by atoms with E-state index in [1.165, 1.54) is 6.07 Å². The highest BCUT2D eigenvalue weighted by Gasteiger charge is 2.30. The van der Waals surface area contributed by atoms with Gasteiger partial charge in [-0.05, 0) is 57.9 Å². The second kappa shape index (κ2) is 7.83. The molecule has 1 aromatic carbocycles. The second-order valence-corrected chi connectivity index (χ2v) is 8.16. The highest BCUT2D eigenvalue weighted by molar-refractivity contribution is 9.10. The predicted octanol–water partition coefficient (Wildman–Crippen LogP) is 4.07. The summed E-state index contributed by atoms with van der Waals surface area (Å²) in [6, 6.07) is 4.87. The predicted molar refractivity (Wildman–Crippen MR) is 96.6 cm³/mol. The van der Waals surface area contributed by atoms with E-state index in [-0.39, 0.29) is 18.0 Å². The third-order valence-corrected chi connectivity index (χ3v) is 4.82. The normalized spacial score (nSPS) is 19.4. The molecule has 0 saturated carbocycles. The molecule has 0 N–H and O–H groups in total. The Kier molecular flexibility index (Phi) is 6.26. The smallest absolute Gasteiger partial charge is 0.410 e. The van der Waals surface area contributed by atoms with E-state index in [2.05, 4.69) is 20.8 Å². The number of carbonyl (C=O) groups is 1. The van der Waals surface area contributed by atoms with Gasteiger partial charge in [0.25, 0.3) is 0 Å². The van der Waals surface area contributed by atoms with Crippen LogP contribution in [0.25, 0.3) is 0 Å². The van der Waals surface area contributed by atoms with Crippen molar-refractivity contribution >= 4 is 22.0 Å². The monoisotopic (exact) mass is 400 g/mol. The lowest BCUT2D eigenvalue weighted by Crippen LogP contribution is -2.55. The van der Waals surface area contributed by atoms with Crippen molar-refractivity contribution in [1.82, 2.24) is 9.80 Å². The number of halogens is 2. The van der Waals surface area contributed by atoms with Gasteiger partial charge in [-0.2, -0.15) is 0 Å². The van der Waals surface area contributed by atoms with Gasteiger partial charge < -0.3 is 9.64 Å². The van der Waals surface area contributed by atoms with Crippen LogP contribution in [0.1, 0.15) is 33.3 Å². The van der Waals surface area contributed by atoms with E-state index in [4.69, 9.17) is 4.74 Å². The quantitative estimate of drug-likeness (QED) is 0.766. The molecule has 0 spiro atoms. The van der Waals surface area contributed by atoms with Crippen LogP contribution in [0.3, 0.4) is 0 Å². The fourth-order valence-electron chi connectivity index (χ4n) is 2.84. The van der Waals surface area contributed by atoms with Crippen LogP contribution in [-0.4, -0.2) is 53.7 Å². The molecular weight excluding hydrogens is 375 g/mol. The van der Waals surface area contributed by atoms with Crippen LogP contribution in [0.4, 0.5) is 9.18 Å². The molecule has 1 aliphatic heterocycles. The van der Waals surface area contributed by atoms with Crippen molar-refractivity contribution in [3.63, 3.8) is 0 Å². The minimum absolute atomic E-state index is 0.101. The van der Waals surface area contributed by atoms with Crippen molar-refractivity contribution in [3.05, 3.63) is 34.1 Å². The van der Waals surface area contributed by atoms with Gasteiger partial charge in [-0.25, -0.2) is 9.18 Å². The van der Waals surface area contributed by atoms with Gasteiger partial charge in [0.05, 0.1) is 0 Å². The van der Waals surface area contributed by atoms with Crippen LogP contribution >= 0.6 is 15.9 Å². The maximum Gasteiger partial charge on any atom is 0.410 e. The Hall–Kier alpha value is -1.14. The molecule has 1 amide bonds. The summed E-state index contributed by atoms with van der Waals surface area (Å²) < 4.78 is 19.8. The molecular formula is C18H26BrFN2O2. The van der Waals surface area contributed by atoms with E-state index in [0.29, 0.717) is 6.54 Å². The Morgan fingerprint density at radius 3 is 2.71 bits per heavy atom. The summed E-state index contributed by atoms with van der Waals surface area (Å²) in [6.45, 7) is 10.8. The van der Waals surface area contributed by atoms with Crippen molar-refractivity contribution in [2.75, 3.05) is 26.2 Å². The zero-order valence-corrected chi connectivity index (χ0v) is 16.4.